The molecule has 1 aliphatic rings. The summed E-state index contributed by atoms with van der Waals surface area (Å²) in [7, 11) is 0. The number of benzene rings is 2. The van der Waals surface area contributed by atoms with Crippen LogP contribution < -0.4 is 5.32 Å². The summed E-state index contributed by atoms with van der Waals surface area (Å²) in [5.74, 6) is -2.05. The minimum Gasteiger partial charge on any atom is -0.507 e. The molecular formula is C21H18F6N2O3. The molecule has 172 valence electrons. The zero-order valence-corrected chi connectivity index (χ0v) is 16.4. The van der Waals surface area contributed by atoms with Crippen molar-refractivity contribution in [1.82, 2.24) is 10.2 Å². The molecule has 2 aromatic carbocycles. The van der Waals surface area contributed by atoms with E-state index in [2.05, 4.69) is 5.32 Å². The number of piperidine rings is 1. The van der Waals surface area contributed by atoms with Crippen molar-refractivity contribution >= 4 is 11.8 Å². The first-order chi connectivity index (χ1) is 14.9. The number of rotatable bonds is 4. The number of alkyl halides is 6. The largest absolute Gasteiger partial charge is 0.507 e. The molecule has 0 radical (unpaired) electrons. The van der Waals surface area contributed by atoms with Crippen LogP contribution in [0.25, 0.3) is 0 Å². The van der Waals surface area contributed by atoms with Crippen molar-refractivity contribution in [3.05, 3.63) is 64.7 Å². The van der Waals surface area contributed by atoms with Gasteiger partial charge >= 0.3 is 12.4 Å². The van der Waals surface area contributed by atoms with E-state index in [1.807, 2.05) is 0 Å². The molecule has 32 heavy (non-hydrogen) atoms. The molecule has 3 rings (SSSR count). The lowest BCUT2D eigenvalue weighted by atomic mass is 10.0. The normalized spacial score (nSPS) is 17.4. The summed E-state index contributed by atoms with van der Waals surface area (Å²) in [6.45, 7) is -0.466. The van der Waals surface area contributed by atoms with Gasteiger partial charge in [-0.3, -0.25) is 9.59 Å². The Labute approximate surface area is 178 Å². The van der Waals surface area contributed by atoms with E-state index in [0.29, 0.717) is 12.1 Å². The molecule has 1 saturated heterocycles. The van der Waals surface area contributed by atoms with Crippen LogP contribution in [0, 0.1) is 0 Å². The Morgan fingerprint density at radius 2 is 1.75 bits per heavy atom. The summed E-state index contributed by atoms with van der Waals surface area (Å²) in [4.78, 5) is 25.8. The molecule has 0 aromatic heterocycles. The minimum absolute atomic E-state index is 0.0618. The van der Waals surface area contributed by atoms with Crippen molar-refractivity contribution in [2.24, 2.45) is 0 Å². The number of halogens is 6. The summed E-state index contributed by atoms with van der Waals surface area (Å²) in [6.07, 6.45) is -9.23. The van der Waals surface area contributed by atoms with Gasteiger partial charge in [0.1, 0.15) is 5.75 Å². The monoisotopic (exact) mass is 460 g/mol. The molecule has 1 fully saturated rings. The fraction of sp³-hybridized carbons (Fsp3) is 0.333. The van der Waals surface area contributed by atoms with Gasteiger partial charge in [-0.2, -0.15) is 26.3 Å². The number of carbonyl (C=O) groups excluding carboxylic acids is 2. The minimum atomic E-state index is -4.72. The highest BCUT2D eigenvalue weighted by molar-refractivity contribution is 5.97. The molecule has 2 amide bonds. The van der Waals surface area contributed by atoms with Crippen LogP contribution in [0.4, 0.5) is 26.3 Å². The molecule has 1 heterocycles. The fourth-order valence-corrected chi connectivity index (χ4v) is 3.48. The number of carbonyl (C=O) groups is 2. The van der Waals surface area contributed by atoms with Crippen molar-refractivity contribution < 1.29 is 41.0 Å². The number of phenolic OH excluding ortho intramolecular Hbond substituents is 1. The maximum absolute atomic E-state index is 13.2. The Bertz CT molecular complexity index is 1020. The van der Waals surface area contributed by atoms with Crippen molar-refractivity contribution in [1.29, 1.82) is 0 Å². The SMILES string of the molecule is O=C(NC1CCC(=O)N(Cc2ccccc2C(F)(F)F)C1)c1cc(C(F)(F)F)ccc1O. The molecule has 1 unspecified atom stereocenters. The van der Waals surface area contributed by atoms with Gasteiger partial charge in [0.05, 0.1) is 16.7 Å². The summed E-state index contributed by atoms with van der Waals surface area (Å²) in [5, 5.41) is 12.3. The molecule has 0 saturated carbocycles. The van der Waals surface area contributed by atoms with E-state index in [4.69, 9.17) is 0 Å². The topological polar surface area (TPSA) is 69.6 Å². The molecule has 2 aromatic rings. The number of amides is 2. The van der Waals surface area contributed by atoms with Crippen LogP contribution in [-0.4, -0.2) is 34.4 Å². The molecule has 0 bridgehead atoms. The Kier molecular flexibility index (Phi) is 6.38. The second-order valence-electron chi connectivity index (χ2n) is 7.37. The van der Waals surface area contributed by atoms with Crippen LogP contribution in [0.15, 0.2) is 42.5 Å². The number of hydrogen-bond donors (Lipinski definition) is 2. The quantitative estimate of drug-likeness (QED) is 0.667. The van der Waals surface area contributed by atoms with E-state index in [-0.39, 0.29) is 31.5 Å². The van der Waals surface area contributed by atoms with Gasteiger partial charge in [-0.05, 0) is 36.2 Å². The van der Waals surface area contributed by atoms with Crippen LogP contribution in [0.2, 0.25) is 0 Å². The van der Waals surface area contributed by atoms with Crippen molar-refractivity contribution in [3.8, 4) is 5.75 Å². The highest BCUT2D eigenvalue weighted by atomic mass is 19.4. The van der Waals surface area contributed by atoms with E-state index in [9.17, 15) is 41.0 Å². The number of nitrogens with one attached hydrogen (secondary N) is 1. The van der Waals surface area contributed by atoms with Crippen LogP contribution in [0.5, 0.6) is 5.75 Å². The Morgan fingerprint density at radius 3 is 2.41 bits per heavy atom. The van der Waals surface area contributed by atoms with Crippen LogP contribution in [0.3, 0.4) is 0 Å². The number of phenols is 1. The zero-order valence-electron chi connectivity index (χ0n) is 16.4. The maximum Gasteiger partial charge on any atom is 0.416 e. The number of nitrogens with zero attached hydrogens (tertiary/aromatic N) is 1. The molecular weight excluding hydrogens is 442 g/mol. The van der Waals surface area contributed by atoms with Gasteiger partial charge in [0.15, 0.2) is 0 Å². The standard InChI is InChI=1S/C21H18F6N2O3/c22-20(23,24)13-5-7-17(30)15(9-13)19(32)28-14-6-8-18(31)29(11-14)10-12-3-1-2-4-16(12)21(25,26)27/h1-5,7,9,14,30H,6,8,10-11H2,(H,28,32). The maximum atomic E-state index is 13.2. The van der Waals surface area contributed by atoms with Gasteiger partial charge in [-0.1, -0.05) is 18.2 Å². The second kappa shape index (κ2) is 8.71. The average Bonchev–Trinajstić information content (AvgIpc) is 2.69. The van der Waals surface area contributed by atoms with Crippen molar-refractivity contribution in [2.45, 2.75) is 37.8 Å². The third-order valence-electron chi connectivity index (χ3n) is 5.09. The van der Waals surface area contributed by atoms with Gasteiger partial charge in [-0.25, -0.2) is 0 Å². The summed E-state index contributed by atoms with van der Waals surface area (Å²) in [5.41, 5.74) is -2.71. The first kappa shape index (κ1) is 23.4. The third-order valence-corrected chi connectivity index (χ3v) is 5.09. The van der Waals surface area contributed by atoms with Crippen LogP contribution >= 0.6 is 0 Å². The van der Waals surface area contributed by atoms with E-state index >= 15 is 0 Å². The third kappa shape index (κ3) is 5.32. The molecule has 2 N–H and O–H groups in total. The van der Waals surface area contributed by atoms with Gasteiger partial charge in [0.2, 0.25) is 5.91 Å². The Morgan fingerprint density at radius 1 is 1.06 bits per heavy atom. The lowest BCUT2D eigenvalue weighted by molar-refractivity contribution is -0.140. The average molecular weight is 460 g/mol. The highest BCUT2D eigenvalue weighted by Gasteiger charge is 2.35. The Balaban J connectivity index is 1.74. The zero-order chi connectivity index (χ0) is 23.7. The smallest absolute Gasteiger partial charge is 0.416 e. The van der Waals surface area contributed by atoms with Gasteiger partial charge < -0.3 is 15.3 Å². The molecule has 1 aliphatic heterocycles. The lowest BCUT2D eigenvalue weighted by Gasteiger charge is -2.33. The molecule has 0 spiro atoms. The first-order valence-corrected chi connectivity index (χ1v) is 9.50. The number of aromatic hydroxyl groups is 1. The van der Waals surface area contributed by atoms with E-state index in [1.165, 1.54) is 18.2 Å². The Hall–Kier alpha value is -3.24. The fourth-order valence-electron chi connectivity index (χ4n) is 3.48. The molecule has 11 heteroatoms. The first-order valence-electron chi connectivity index (χ1n) is 9.50. The van der Waals surface area contributed by atoms with Crippen molar-refractivity contribution in [2.75, 3.05) is 6.54 Å². The highest BCUT2D eigenvalue weighted by Crippen LogP contribution is 2.34. The van der Waals surface area contributed by atoms with Crippen LogP contribution in [-0.2, 0) is 23.7 Å². The van der Waals surface area contributed by atoms with E-state index < -0.39 is 52.6 Å². The summed E-state index contributed by atoms with van der Waals surface area (Å²) >= 11 is 0. The van der Waals surface area contributed by atoms with Gasteiger partial charge in [0, 0.05) is 25.6 Å². The van der Waals surface area contributed by atoms with Crippen LogP contribution in [0.1, 0.15) is 39.9 Å². The second-order valence-corrected chi connectivity index (χ2v) is 7.37. The molecule has 5 nitrogen and oxygen atoms in total. The van der Waals surface area contributed by atoms with E-state index in [0.717, 1.165) is 17.0 Å². The summed E-state index contributed by atoms with van der Waals surface area (Å²) in [6, 6.07) is 5.97. The molecule has 1 atom stereocenters. The lowest BCUT2D eigenvalue weighted by Crippen LogP contribution is -2.49. The molecule has 0 aliphatic carbocycles. The van der Waals surface area contributed by atoms with Gasteiger partial charge in [0.25, 0.3) is 5.91 Å². The predicted molar refractivity (Wildman–Crippen MR) is 100 cm³/mol. The summed E-state index contributed by atoms with van der Waals surface area (Å²) < 4.78 is 78.4. The number of hydrogen-bond acceptors (Lipinski definition) is 3. The van der Waals surface area contributed by atoms with Crippen molar-refractivity contribution in [3.63, 3.8) is 0 Å². The number of likely N-dealkylation sites (tertiary alicyclic amines) is 1. The van der Waals surface area contributed by atoms with E-state index in [1.54, 1.807) is 0 Å². The van der Waals surface area contributed by atoms with Gasteiger partial charge in [-0.15, -0.1) is 0 Å². The predicted octanol–water partition coefficient (Wildman–Crippen LogP) is 4.35.